The number of hydrogen-bond donors (Lipinski definition) is 2. The van der Waals surface area contributed by atoms with Gasteiger partial charge in [0.1, 0.15) is 6.04 Å². The van der Waals surface area contributed by atoms with Crippen molar-refractivity contribution in [3.8, 4) is 0 Å². The second-order valence-corrected chi connectivity index (χ2v) is 7.68. The molecule has 0 spiro atoms. The lowest BCUT2D eigenvalue weighted by atomic mass is 9.97. The van der Waals surface area contributed by atoms with Crippen LogP contribution in [0.15, 0.2) is 54.6 Å². The molecule has 0 radical (unpaired) electrons. The molecule has 0 aliphatic carbocycles. The number of imide groups is 2. The van der Waals surface area contributed by atoms with Gasteiger partial charge in [-0.05, 0) is 23.6 Å². The first-order valence-electron chi connectivity index (χ1n) is 10.6. The first kappa shape index (κ1) is 23.6. The van der Waals surface area contributed by atoms with Crippen molar-refractivity contribution in [3.05, 3.63) is 71.3 Å². The molecule has 0 saturated heterocycles. The fourth-order valence-corrected chi connectivity index (χ4v) is 3.48. The lowest BCUT2D eigenvalue weighted by Gasteiger charge is -2.28. The smallest absolute Gasteiger partial charge is 0.330 e. The molecule has 0 bridgehead atoms. The summed E-state index contributed by atoms with van der Waals surface area (Å²) >= 11 is 0. The number of fused-ring (bicyclic) bond motifs is 1. The second-order valence-electron chi connectivity index (χ2n) is 7.68. The van der Waals surface area contributed by atoms with Gasteiger partial charge in [0.15, 0.2) is 6.61 Å². The predicted molar refractivity (Wildman–Crippen MR) is 118 cm³/mol. The molecule has 2 unspecified atom stereocenters. The van der Waals surface area contributed by atoms with Crippen molar-refractivity contribution >= 4 is 29.7 Å². The molecular formula is C24H25N3O6. The molecule has 5 amide bonds. The minimum Gasteiger partial charge on any atom is -0.454 e. The molecule has 1 heterocycles. The fraction of sp³-hybridized carbons (Fsp3) is 0.292. The highest BCUT2D eigenvalue weighted by Crippen LogP contribution is 2.28. The maximum atomic E-state index is 12.8. The van der Waals surface area contributed by atoms with Crippen molar-refractivity contribution in [3.63, 3.8) is 0 Å². The maximum Gasteiger partial charge on any atom is 0.330 e. The van der Waals surface area contributed by atoms with Crippen molar-refractivity contribution < 1.29 is 28.7 Å². The molecule has 2 aromatic rings. The lowest BCUT2D eigenvalue weighted by molar-refractivity contribution is -0.153. The van der Waals surface area contributed by atoms with Crippen LogP contribution in [0.3, 0.4) is 0 Å². The van der Waals surface area contributed by atoms with Crippen LogP contribution in [-0.4, -0.2) is 47.3 Å². The molecular weight excluding hydrogens is 426 g/mol. The summed E-state index contributed by atoms with van der Waals surface area (Å²) in [5.74, 6) is -3.29. The van der Waals surface area contributed by atoms with Gasteiger partial charge in [0.05, 0.1) is 11.1 Å². The van der Waals surface area contributed by atoms with Gasteiger partial charge in [-0.15, -0.1) is 0 Å². The van der Waals surface area contributed by atoms with Crippen LogP contribution in [0.1, 0.15) is 46.5 Å². The van der Waals surface area contributed by atoms with Crippen molar-refractivity contribution in [2.75, 3.05) is 6.61 Å². The number of esters is 1. The SMILES string of the molecule is CCC(C)C(C(=O)OCC(=O)NC(=O)NCc1ccccc1)N1C(=O)c2ccccc2C1=O. The van der Waals surface area contributed by atoms with Gasteiger partial charge >= 0.3 is 12.0 Å². The summed E-state index contributed by atoms with van der Waals surface area (Å²) in [5.41, 5.74) is 1.29. The van der Waals surface area contributed by atoms with E-state index in [1.807, 2.05) is 37.3 Å². The summed E-state index contributed by atoms with van der Waals surface area (Å²) in [6, 6.07) is 13.5. The Morgan fingerprint density at radius 3 is 2.09 bits per heavy atom. The molecule has 9 heteroatoms. The summed E-state index contributed by atoms with van der Waals surface area (Å²) < 4.78 is 5.08. The number of nitrogens with one attached hydrogen (secondary N) is 2. The van der Waals surface area contributed by atoms with Crippen LogP contribution >= 0.6 is 0 Å². The third-order valence-corrected chi connectivity index (χ3v) is 5.42. The molecule has 0 fully saturated rings. The quantitative estimate of drug-likeness (QED) is 0.469. The maximum absolute atomic E-state index is 12.8. The average molecular weight is 451 g/mol. The number of benzene rings is 2. The summed E-state index contributed by atoms with van der Waals surface area (Å²) in [5, 5.41) is 4.60. The molecule has 3 rings (SSSR count). The normalized spacial score (nSPS) is 14.3. The molecule has 172 valence electrons. The summed E-state index contributed by atoms with van der Waals surface area (Å²) in [7, 11) is 0. The molecule has 2 aromatic carbocycles. The van der Waals surface area contributed by atoms with Gasteiger partial charge in [-0.25, -0.2) is 9.59 Å². The van der Waals surface area contributed by atoms with E-state index in [0.717, 1.165) is 10.5 Å². The molecule has 0 saturated carbocycles. The van der Waals surface area contributed by atoms with Gasteiger partial charge in [0.2, 0.25) is 0 Å². The minimum absolute atomic E-state index is 0.218. The molecule has 9 nitrogen and oxygen atoms in total. The third-order valence-electron chi connectivity index (χ3n) is 5.42. The number of rotatable bonds is 8. The van der Waals surface area contributed by atoms with Gasteiger partial charge < -0.3 is 10.1 Å². The van der Waals surface area contributed by atoms with E-state index < -0.39 is 48.3 Å². The van der Waals surface area contributed by atoms with Crippen LogP contribution in [0, 0.1) is 5.92 Å². The standard InChI is InChI=1S/C24H25N3O6/c1-3-15(2)20(27-21(29)17-11-7-8-12-18(17)22(27)30)23(31)33-14-19(28)26-24(32)25-13-16-9-5-4-6-10-16/h4-12,15,20H,3,13-14H2,1-2H3,(H2,25,26,28,32). The third kappa shape index (κ3) is 5.43. The summed E-state index contributed by atoms with van der Waals surface area (Å²) in [6.07, 6.45) is 0.487. The van der Waals surface area contributed by atoms with Crippen molar-refractivity contribution in [1.82, 2.24) is 15.5 Å². The van der Waals surface area contributed by atoms with E-state index in [4.69, 9.17) is 4.74 Å². The molecule has 2 atom stereocenters. The van der Waals surface area contributed by atoms with Crippen LogP contribution in [0.2, 0.25) is 0 Å². The molecule has 1 aliphatic rings. The number of carbonyl (C=O) groups excluding carboxylic acids is 5. The first-order chi connectivity index (χ1) is 15.8. The Labute approximate surface area is 191 Å². The zero-order valence-corrected chi connectivity index (χ0v) is 18.4. The monoisotopic (exact) mass is 451 g/mol. The van der Waals surface area contributed by atoms with Crippen LogP contribution < -0.4 is 10.6 Å². The highest BCUT2D eigenvalue weighted by molar-refractivity contribution is 6.22. The molecule has 1 aliphatic heterocycles. The number of amides is 5. The van der Waals surface area contributed by atoms with E-state index >= 15 is 0 Å². The fourth-order valence-electron chi connectivity index (χ4n) is 3.48. The molecule has 0 aromatic heterocycles. The van der Waals surface area contributed by atoms with E-state index in [2.05, 4.69) is 10.6 Å². The van der Waals surface area contributed by atoms with Crippen LogP contribution in [0.25, 0.3) is 0 Å². The Morgan fingerprint density at radius 2 is 1.52 bits per heavy atom. The first-order valence-corrected chi connectivity index (χ1v) is 10.6. The van der Waals surface area contributed by atoms with Gasteiger partial charge in [-0.3, -0.25) is 24.6 Å². The topological polar surface area (TPSA) is 122 Å². The Hall–Kier alpha value is -4.01. The Morgan fingerprint density at radius 1 is 0.939 bits per heavy atom. The van der Waals surface area contributed by atoms with Crippen LogP contribution in [-0.2, 0) is 20.9 Å². The van der Waals surface area contributed by atoms with E-state index in [1.165, 1.54) is 12.1 Å². The van der Waals surface area contributed by atoms with Crippen molar-refractivity contribution in [2.45, 2.75) is 32.9 Å². The zero-order chi connectivity index (χ0) is 24.0. The zero-order valence-electron chi connectivity index (χ0n) is 18.4. The van der Waals surface area contributed by atoms with E-state index in [-0.39, 0.29) is 17.7 Å². The van der Waals surface area contributed by atoms with Gasteiger partial charge in [-0.2, -0.15) is 0 Å². The number of urea groups is 1. The summed E-state index contributed by atoms with van der Waals surface area (Å²) in [6.45, 7) is 3.02. The van der Waals surface area contributed by atoms with E-state index in [9.17, 15) is 24.0 Å². The minimum atomic E-state index is -1.19. The number of ether oxygens (including phenoxy) is 1. The predicted octanol–water partition coefficient (Wildman–Crippen LogP) is 2.27. The largest absolute Gasteiger partial charge is 0.454 e. The number of nitrogens with zero attached hydrogens (tertiary/aromatic N) is 1. The number of carbonyl (C=O) groups is 5. The Kier molecular flexibility index (Phi) is 7.55. The molecule has 2 N–H and O–H groups in total. The Bertz CT molecular complexity index is 1030. The number of hydrogen-bond acceptors (Lipinski definition) is 6. The highest BCUT2D eigenvalue weighted by Gasteiger charge is 2.45. The van der Waals surface area contributed by atoms with E-state index in [1.54, 1.807) is 19.1 Å². The molecule has 33 heavy (non-hydrogen) atoms. The van der Waals surface area contributed by atoms with Gasteiger partial charge in [-0.1, -0.05) is 62.7 Å². The van der Waals surface area contributed by atoms with Crippen molar-refractivity contribution in [2.24, 2.45) is 5.92 Å². The van der Waals surface area contributed by atoms with Gasteiger partial charge in [0, 0.05) is 6.54 Å². The van der Waals surface area contributed by atoms with Crippen LogP contribution in [0.4, 0.5) is 4.79 Å². The summed E-state index contributed by atoms with van der Waals surface area (Å²) in [4.78, 5) is 63.3. The Balaban J connectivity index is 1.58. The second kappa shape index (κ2) is 10.5. The van der Waals surface area contributed by atoms with Gasteiger partial charge in [0.25, 0.3) is 17.7 Å². The van der Waals surface area contributed by atoms with Crippen LogP contribution in [0.5, 0.6) is 0 Å². The lowest BCUT2D eigenvalue weighted by Crippen LogP contribution is -2.50. The highest BCUT2D eigenvalue weighted by atomic mass is 16.5. The van der Waals surface area contributed by atoms with E-state index in [0.29, 0.717) is 6.42 Å². The van der Waals surface area contributed by atoms with Crippen molar-refractivity contribution in [1.29, 1.82) is 0 Å². The average Bonchev–Trinajstić information content (AvgIpc) is 3.07.